The van der Waals surface area contributed by atoms with Gasteiger partial charge in [-0.15, -0.1) is 34.3 Å². The highest BCUT2D eigenvalue weighted by atomic mass is 79.9. The Balaban J connectivity index is 2.38. The third-order valence-corrected chi connectivity index (χ3v) is 7.17. The molecule has 16 heavy (non-hydrogen) atoms. The molecule has 2 aromatic rings. The van der Waals surface area contributed by atoms with Gasteiger partial charge in [-0.25, -0.2) is 0 Å². The van der Waals surface area contributed by atoms with Crippen LogP contribution in [0.4, 0.5) is 0 Å². The van der Waals surface area contributed by atoms with Crippen molar-refractivity contribution in [1.82, 2.24) is 0 Å². The Morgan fingerprint density at radius 1 is 1.19 bits per heavy atom. The fourth-order valence-electron chi connectivity index (χ4n) is 1.54. The lowest BCUT2D eigenvalue weighted by Crippen LogP contribution is -1.89. The summed E-state index contributed by atoms with van der Waals surface area (Å²) in [6.45, 7) is 4.24. The second-order valence-corrected chi connectivity index (χ2v) is 8.65. The van der Waals surface area contributed by atoms with Crippen LogP contribution in [-0.4, -0.2) is 0 Å². The smallest absolute Gasteiger partial charge is 0.0939 e. The van der Waals surface area contributed by atoms with E-state index in [1.807, 2.05) is 0 Å². The minimum absolute atomic E-state index is 0.0439. The first-order valence-corrected chi connectivity index (χ1v) is 8.30. The van der Waals surface area contributed by atoms with Gasteiger partial charge < -0.3 is 0 Å². The average molecular weight is 401 g/mol. The molecule has 0 saturated heterocycles. The lowest BCUT2D eigenvalue weighted by Gasteiger charge is -2.05. The summed E-state index contributed by atoms with van der Waals surface area (Å²) in [5.74, 6) is 0. The van der Waals surface area contributed by atoms with Crippen molar-refractivity contribution in [3.05, 3.63) is 40.6 Å². The highest BCUT2D eigenvalue weighted by Crippen LogP contribution is 2.42. The van der Waals surface area contributed by atoms with Gasteiger partial charge in [-0.2, -0.15) is 0 Å². The van der Waals surface area contributed by atoms with Crippen LogP contribution in [0.1, 0.15) is 25.6 Å². The van der Waals surface area contributed by atoms with Crippen molar-refractivity contribution < 1.29 is 0 Å². The molecule has 0 aromatic carbocycles. The topological polar surface area (TPSA) is 0 Å². The Kier molecular flexibility index (Phi) is 4.18. The summed E-state index contributed by atoms with van der Waals surface area (Å²) in [6, 6.07) is 4.26. The molecule has 0 bridgehead atoms. The van der Waals surface area contributed by atoms with E-state index in [2.05, 4.69) is 57.8 Å². The van der Waals surface area contributed by atoms with Gasteiger partial charge in [-0.1, -0.05) is 0 Å². The zero-order valence-corrected chi connectivity index (χ0v) is 14.2. The van der Waals surface area contributed by atoms with Crippen molar-refractivity contribution in [3.8, 4) is 0 Å². The standard InChI is InChI=1S/C11H9Br2ClS2/c1-5-3-7(6(2)15-5)10(14)9-4-8(12)11(13)16-9/h3-4,10H,1-2H3. The number of hydrogen-bond donors (Lipinski definition) is 0. The second kappa shape index (κ2) is 5.11. The zero-order chi connectivity index (χ0) is 11.9. The number of hydrogen-bond acceptors (Lipinski definition) is 2. The Morgan fingerprint density at radius 2 is 1.88 bits per heavy atom. The molecular weight excluding hydrogens is 392 g/mol. The first-order valence-electron chi connectivity index (χ1n) is 4.64. The minimum Gasteiger partial charge on any atom is -0.146 e. The highest BCUT2D eigenvalue weighted by Gasteiger charge is 2.18. The van der Waals surface area contributed by atoms with E-state index in [-0.39, 0.29) is 5.38 Å². The van der Waals surface area contributed by atoms with Crippen LogP contribution in [0.5, 0.6) is 0 Å². The van der Waals surface area contributed by atoms with E-state index in [1.54, 1.807) is 22.7 Å². The quantitative estimate of drug-likeness (QED) is 0.521. The van der Waals surface area contributed by atoms with E-state index in [1.165, 1.54) is 20.2 Å². The number of aryl methyl sites for hydroxylation is 2. The molecule has 0 nitrogen and oxygen atoms in total. The van der Waals surface area contributed by atoms with Crippen LogP contribution in [0.25, 0.3) is 0 Å². The third-order valence-electron chi connectivity index (χ3n) is 2.27. The Morgan fingerprint density at radius 3 is 2.31 bits per heavy atom. The fourth-order valence-corrected chi connectivity index (χ4v) is 5.08. The largest absolute Gasteiger partial charge is 0.146 e. The Labute approximate surface area is 125 Å². The first-order chi connectivity index (χ1) is 7.49. The molecular formula is C11H9Br2ClS2. The van der Waals surface area contributed by atoms with E-state index >= 15 is 0 Å². The van der Waals surface area contributed by atoms with Gasteiger partial charge in [-0.05, 0) is 63.4 Å². The van der Waals surface area contributed by atoms with Crippen LogP contribution in [-0.2, 0) is 0 Å². The van der Waals surface area contributed by atoms with E-state index < -0.39 is 0 Å². The molecule has 1 atom stereocenters. The predicted octanol–water partition coefficient (Wildman–Crippen LogP) is 6.28. The summed E-state index contributed by atoms with van der Waals surface area (Å²) < 4.78 is 2.17. The molecule has 2 heterocycles. The molecule has 0 aliphatic carbocycles. The SMILES string of the molecule is Cc1cc(C(Cl)c2cc(Br)c(Br)s2)c(C)s1. The maximum absolute atomic E-state index is 6.51. The summed E-state index contributed by atoms with van der Waals surface area (Å²) in [5, 5.41) is -0.0439. The van der Waals surface area contributed by atoms with E-state index in [9.17, 15) is 0 Å². The van der Waals surface area contributed by atoms with Crippen LogP contribution in [0.15, 0.2) is 20.4 Å². The fraction of sp³-hybridized carbons (Fsp3) is 0.273. The van der Waals surface area contributed by atoms with Gasteiger partial charge in [0.2, 0.25) is 0 Å². The van der Waals surface area contributed by atoms with Gasteiger partial charge in [0, 0.05) is 19.1 Å². The van der Waals surface area contributed by atoms with Crippen molar-refractivity contribution >= 4 is 66.1 Å². The van der Waals surface area contributed by atoms with Gasteiger partial charge in [0.25, 0.3) is 0 Å². The maximum Gasteiger partial charge on any atom is 0.0939 e. The van der Waals surface area contributed by atoms with Crippen molar-refractivity contribution in [2.24, 2.45) is 0 Å². The lowest BCUT2D eigenvalue weighted by atomic mass is 10.1. The molecule has 0 N–H and O–H groups in total. The lowest BCUT2D eigenvalue weighted by molar-refractivity contribution is 1.17. The van der Waals surface area contributed by atoms with E-state index in [0.29, 0.717) is 0 Å². The van der Waals surface area contributed by atoms with Crippen LogP contribution in [0, 0.1) is 13.8 Å². The van der Waals surface area contributed by atoms with Gasteiger partial charge >= 0.3 is 0 Å². The summed E-state index contributed by atoms with van der Waals surface area (Å²) in [6.07, 6.45) is 0. The third kappa shape index (κ3) is 2.56. The van der Waals surface area contributed by atoms with Gasteiger partial charge in [0.15, 0.2) is 0 Å². The molecule has 2 aromatic heterocycles. The average Bonchev–Trinajstić information content (AvgIpc) is 2.70. The molecule has 5 heteroatoms. The summed E-state index contributed by atoms with van der Waals surface area (Å²) >= 11 is 17.0. The number of rotatable bonds is 2. The van der Waals surface area contributed by atoms with Crippen LogP contribution in [0.3, 0.4) is 0 Å². The van der Waals surface area contributed by atoms with Crippen LogP contribution >= 0.6 is 66.1 Å². The molecule has 0 fully saturated rings. The molecule has 0 aliphatic rings. The van der Waals surface area contributed by atoms with Gasteiger partial charge in [0.1, 0.15) is 0 Å². The van der Waals surface area contributed by atoms with Crippen LogP contribution < -0.4 is 0 Å². The predicted molar refractivity (Wildman–Crippen MR) is 81.2 cm³/mol. The van der Waals surface area contributed by atoms with Crippen molar-refractivity contribution in [2.45, 2.75) is 19.2 Å². The normalized spacial score (nSPS) is 13.1. The molecule has 0 saturated carbocycles. The van der Waals surface area contributed by atoms with Gasteiger partial charge in [0.05, 0.1) is 9.16 Å². The van der Waals surface area contributed by atoms with E-state index in [0.717, 1.165) is 8.26 Å². The Hall–Kier alpha value is 0.650. The molecule has 86 valence electrons. The monoisotopic (exact) mass is 398 g/mol. The first kappa shape index (κ1) is 13.1. The summed E-state index contributed by atoms with van der Waals surface area (Å²) in [5.41, 5.74) is 1.23. The Bertz CT molecular complexity index is 497. The van der Waals surface area contributed by atoms with Crippen molar-refractivity contribution in [3.63, 3.8) is 0 Å². The molecule has 0 radical (unpaired) electrons. The minimum atomic E-state index is -0.0439. The van der Waals surface area contributed by atoms with Crippen LogP contribution in [0.2, 0.25) is 0 Å². The number of thiophene rings is 2. The maximum atomic E-state index is 6.51. The zero-order valence-electron chi connectivity index (χ0n) is 8.68. The molecule has 1 unspecified atom stereocenters. The summed E-state index contributed by atoms with van der Waals surface area (Å²) in [7, 11) is 0. The van der Waals surface area contributed by atoms with Crippen molar-refractivity contribution in [2.75, 3.05) is 0 Å². The molecule has 2 rings (SSSR count). The molecule has 0 amide bonds. The van der Waals surface area contributed by atoms with Gasteiger partial charge in [-0.3, -0.25) is 0 Å². The molecule has 0 spiro atoms. The number of alkyl halides is 1. The second-order valence-electron chi connectivity index (χ2n) is 3.50. The van der Waals surface area contributed by atoms with Crippen molar-refractivity contribution in [1.29, 1.82) is 0 Å². The highest BCUT2D eigenvalue weighted by molar-refractivity contribution is 9.13. The summed E-state index contributed by atoms with van der Waals surface area (Å²) in [4.78, 5) is 3.78. The van der Waals surface area contributed by atoms with E-state index in [4.69, 9.17) is 11.6 Å². The molecule has 0 aliphatic heterocycles. The number of halogens is 3.